The highest BCUT2D eigenvalue weighted by atomic mass is 16.5. The summed E-state index contributed by atoms with van der Waals surface area (Å²) in [4.78, 5) is 0. The lowest BCUT2D eigenvalue weighted by atomic mass is 9.66. The van der Waals surface area contributed by atoms with E-state index in [0.717, 1.165) is 31.0 Å². The summed E-state index contributed by atoms with van der Waals surface area (Å²) in [5, 5.41) is 0. The Kier molecular flexibility index (Phi) is 5.26. The van der Waals surface area contributed by atoms with Crippen LogP contribution in [-0.4, -0.2) is 19.3 Å². The summed E-state index contributed by atoms with van der Waals surface area (Å²) < 4.78 is 5.53. The fourth-order valence-electron chi connectivity index (χ4n) is 3.84. The monoisotopic (exact) mass is 240 g/mol. The number of fused-ring (bicyclic) bond motifs is 1. The Hall–Kier alpha value is -0.120. The van der Waals surface area contributed by atoms with Gasteiger partial charge in [-0.25, -0.2) is 0 Å². The van der Waals surface area contributed by atoms with Crippen molar-refractivity contribution in [1.29, 1.82) is 0 Å². The normalized spacial score (nSPS) is 35.3. The molecule has 0 aromatic heterocycles. The van der Waals surface area contributed by atoms with Gasteiger partial charge in [0, 0.05) is 12.6 Å². The minimum Gasteiger partial charge on any atom is -0.380 e. The van der Waals surface area contributed by atoms with Crippen LogP contribution in [0.5, 0.6) is 0 Å². The van der Waals surface area contributed by atoms with E-state index in [4.69, 9.17) is 10.6 Å². The summed E-state index contributed by atoms with van der Waals surface area (Å²) in [5.41, 5.74) is 2.98. The average molecular weight is 240 g/mol. The van der Waals surface area contributed by atoms with E-state index in [1.54, 1.807) is 0 Å². The van der Waals surface area contributed by atoms with Crippen LogP contribution in [0.25, 0.3) is 0 Å². The molecule has 0 bridgehead atoms. The summed E-state index contributed by atoms with van der Waals surface area (Å²) in [6.45, 7) is 3.61. The topological polar surface area (TPSA) is 47.3 Å². The van der Waals surface area contributed by atoms with Gasteiger partial charge in [0.2, 0.25) is 0 Å². The zero-order valence-electron chi connectivity index (χ0n) is 11.2. The number of nitrogens with two attached hydrogens (primary N) is 1. The maximum Gasteiger partial charge on any atom is 0.0635 e. The van der Waals surface area contributed by atoms with Crippen LogP contribution in [0.3, 0.4) is 0 Å². The quantitative estimate of drug-likeness (QED) is 0.573. The van der Waals surface area contributed by atoms with E-state index in [9.17, 15) is 0 Å². The van der Waals surface area contributed by atoms with Gasteiger partial charge in [-0.15, -0.1) is 0 Å². The fraction of sp³-hybridized carbons (Fsp3) is 1.00. The highest BCUT2D eigenvalue weighted by Gasteiger charge is 2.35. The zero-order chi connectivity index (χ0) is 12.1. The van der Waals surface area contributed by atoms with Crippen molar-refractivity contribution in [2.75, 3.05) is 13.2 Å². The van der Waals surface area contributed by atoms with Crippen LogP contribution in [-0.2, 0) is 4.74 Å². The number of nitrogens with one attached hydrogen (secondary N) is 1. The second-order valence-electron chi connectivity index (χ2n) is 5.81. The third-order valence-electron chi connectivity index (χ3n) is 4.86. The van der Waals surface area contributed by atoms with Gasteiger partial charge in [0.1, 0.15) is 0 Å². The predicted molar refractivity (Wildman–Crippen MR) is 70.4 cm³/mol. The smallest absolute Gasteiger partial charge is 0.0635 e. The SMILES string of the molecule is CCOCC(NN)C1CCC2CCCCC2C1. The van der Waals surface area contributed by atoms with Crippen molar-refractivity contribution in [1.82, 2.24) is 5.43 Å². The summed E-state index contributed by atoms with van der Waals surface area (Å²) in [6, 6.07) is 0.359. The number of rotatable bonds is 5. The second-order valence-corrected chi connectivity index (χ2v) is 5.81. The maximum absolute atomic E-state index is 5.68. The van der Waals surface area contributed by atoms with E-state index in [-0.39, 0.29) is 0 Å². The van der Waals surface area contributed by atoms with Crippen LogP contribution in [0, 0.1) is 17.8 Å². The molecule has 2 aliphatic rings. The Labute approximate surface area is 105 Å². The Morgan fingerprint density at radius 1 is 1.18 bits per heavy atom. The molecule has 3 heteroatoms. The maximum atomic E-state index is 5.68. The van der Waals surface area contributed by atoms with Crippen molar-refractivity contribution in [2.24, 2.45) is 23.6 Å². The first-order valence-corrected chi connectivity index (χ1v) is 7.39. The summed E-state index contributed by atoms with van der Waals surface area (Å²) in [5.74, 6) is 8.40. The first-order chi connectivity index (χ1) is 8.35. The number of hydrogen-bond acceptors (Lipinski definition) is 3. The molecule has 0 saturated heterocycles. The number of hydrazine groups is 1. The van der Waals surface area contributed by atoms with E-state index in [1.165, 1.54) is 44.9 Å². The van der Waals surface area contributed by atoms with Crippen molar-refractivity contribution >= 4 is 0 Å². The molecular formula is C14H28N2O. The van der Waals surface area contributed by atoms with Crippen LogP contribution in [0.15, 0.2) is 0 Å². The van der Waals surface area contributed by atoms with Gasteiger partial charge < -0.3 is 4.74 Å². The van der Waals surface area contributed by atoms with Gasteiger partial charge in [0.15, 0.2) is 0 Å². The van der Waals surface area contributed by atoms with Crippen molar-refractivity contribution in [3.8, 4) is 0 Å². The molecule has 100 valence electrons. The standard InChI is InChI=1S/C14H28N2O/c1-2-17-10-14(16-15)13-8-7-11-5-3-4-6-12(11)9-13/h11-14,16H,2-10,15H2,1H3. The highest BCUT2D eigenvalue weighted by molar-refractivity contribution is 4.87. The molecule has 17 heavy (non-hydrogen) atoms. The summed E-state index contributed by atoms with van der Waals surface area (Å²) in [7, 11) is 0. The largest absolute Gasteiger partial charge is 0.380 e. The van der Waals surface area contributed by atoms with E-state index in [1.807, 2.05) is 6.92 Å². The van der Waals surface area contributed by atoms with Gasteiger partial charge >= 0.3 is 0 Å². The van der Waals surface area contributed by atoms with Gasteiger partial charge in [-0.05, 0) is 43.9 Å². The molecule has 0 spiro atoms. The van der Waals surface area contributed by atoms with Crippen molar-refractivity contribution in [2.45, 2.75) is 57.9 Å². The Balaban J connectivity index is 1.84. The van der Waals surface area contributed by atoms with Crippen LogP contribution in [0.1, 0.15) is 51.9 Å². The van der Waals surface area contributed by atoms with Crippen molar-refractivity contribution in [3.05, 3.63) is 0 Å². The Bertz CT molecular complexity index is 222. The zero-order valence-corrected chi connectivity index (χ0v) is 11.2. The van der Waals surface area contributed by atoms with Crippen molar-refractivity contribution < 1.29 is 4.74 Å². The molecule has 0 amide bonds. The average Bonchev–Trinajstić information content (AvgIpc) is 2.39. The lowest BCUT2D eigenvalue weighted by molar-refractivity contribution is 0.0603. The summed E-state index contributed by atoms with van der Waals surface area (Å²) in [6.07, 6.45) is 9.95. The lowest BCUT2D eigenvalue weighted by Crippen LogP contribution is -2.46. The Morgan fingerprint density at radius 3 is 2.65 bits per heavy atom. The van der Waals surface area contributed by atoms with E-state index >= 15 is 0 Å². The van der Waals surface area contributed by atoms with Gasteiger partial charge in [-0.1, -0.05) is 25.7 Å². The van der Waals surface area contributed by atoms with E-state index < -0.39 is 0 Å². The molecule has 0 aliphatic heterocycles. The van der Waals surface area contributed by atoms with E-state index in [2.05, 4.69) is 5.43 Å². The third-order valence-corrected chi connectivity index (χ3v) is 4.86. The minimum absolute atomic E-state index is 0.359. The van der Waals surface area contributed by atoms with Crippen LogP contribution >= 0.6 is 0 Å². The van der Waals surface area contributed by atoms with Crippen molar-refractivity contribution in [3.63, 3.8) is 0 Å². The fourth-order valence-corrected chi connectivity index (χ4v) is 3.84. The molecule has 4 unspecified atom stereocenters. The predicted octanol–water partition coefficient (Wildman–Crippen LogP) is 2.46. The molecule has 2 aliphatic carbocycles. The molecule has 0 aromatic carbocycles. The molecule has 0 radical (unpaired) electrons. The molecule has 4 atom stereocenters. The van der Waals surface area contributed by atoms with Gasteiger partial charge in [0.05, 0.1) is 6.61 Å². The molecule has 3 nitrogen and oxygen atoms in total. The lowest BCUT2D eigenvalue weighted by Gasteiger charge is -2.41. The number of ether oxygens (including phenoxy) is 1. The van der Waals surface area contributed by atoms with Crippen LogP contribution < -0.4 is 11.3 Å². The Morgan fingerprint density at radius 2 is 1.94 bits per heavy atom. The molecule has 0 aromatic rings. The molecule has 3 N–H and O–H groups in total. The minimum atomic E-state index is 0.359. The molecular weight excluding hydrogens is 212 g/mol. The van der Waals surface area contributed by atoms with Crippen LogP contribution in [0.2, 0.25) is 0 Å². The number of hydrogen-bond donors (Lipinski definition) is 2. The third kappa shape index (κ3) is 3.43. The molecule has 2 saturated carbocycles. The van der Waals surface area contributed by atoms with Gasteiger partial charge in [-0.2, -0.15) is 0 Å². The van der Waals surface area contributed by atoms with Gasteiger partial charge in [0.25, 0.3) is 0 Å². The summed E-state index contributed by atoms with van der Waals surface area (Å²) >= 11 is 0. The first kappa shape index (κ1) is 13.3. The van der Waals surface area contributed by atoms with Crippen LogP contribution in [0.4, 0.5) is 0 Å². The second kappa shape index (κ2) is 6.72. The molecule has 0 heterocycles. The highest BCUT2D eigenvalue weighted by Crippen LogP contribution is 2.43. The molecule has 2 fully saturated rings. The van der Waals surface area contributed by atoms with Gasteiger partial charge in [-0.3, -0.25) is 11.3 Å². The first-order valence-electron chi connectivity index (χ1n) is 7.39. The molecule has 2 rings (SSSR count). The van der Waals surface area contributed by atoms with E-state index in [0.29, 0.717) is 6.04 Å².